The molecule has 1 aromatic heterocycles. The van der Waals surface area contributed by atoms with Crippen molar-refractivity contribution < 1.29 is 27.2 Å². The van der Waals surface area contributed by atoms with Gasteiger partial charge in [-0.05, 0) is 42.8 Å². The van der Waals surface area contributed by atoms with Gasteiger partial charge in [-0.1, -0.05) is 11.6 Å². The van der Waals surface area contributed by atoms with E-state index < -0.39 is 18.6 Å². The normalized spacial score (nSPS) is 11.3. The minimum absolute atomic E-state index is 0.127. The predicted octanol–water partition coefficient (Wildman–Crippen LogP) is 4.03. The van der Waals surface area contributed by atoms with Gasteiger partial charge in [0.05, 0.1) is 12.8 Å². The molecule has 9 heteroatoms. The predicted molar refractivity (Wildman–Crippen MR) is 93.2 cm³/mol. The molecule has 1 aromatic carbocycles. The second-order valence-electron chi connectivity index (χ2n) is 5.81. The lowest BCUT2D eigenvalue weighted by molar-refractivity contribution is -0.162. The fraction of sp³-hybridized carbons (Fsp3) is 0.333. The third kappa shape index (κ3) is 7.34. The number of carbonyl (C=O) groups is 2. The number of furan rings is 1. The van der Waals surface area contributed by atoms with Crippen molar-refractivity contribution in [2.24, 2.45) is 0 Å². The van der Waals surface area contributed by atoms with Crippen molar-refractivity contribution in [1.82, 2.24) is 10.2 Å². The van der Waals surface area contributed by atoms with E-state index in [0.717, 1.165) is 0 Å². The molecule has 0 saturated heterocycles. The van der Waals surface area contributed by atoms with E-state index in [0.29, 0.717) is 15.5 Å². The van der Waals surface area contributed by atoms with Gasteiger partial charge in [0.2, 0.25) is 5.91 Å². The second kappa shape index (κ2) is 9.45. The maximum atomic E-state index is 12.7. The standard InChI is InChI=1S/C18H18ClF3N2O3/c19-14-7-5-13(6-8-14)17(26)23-9-1-4-16(25)24(12-18(20,21)22)11-15-3-2-10-27-15/h2-3,5-8,10H,1,4,9,11-12H2,(H,23,26). The Hall–Kier alpha value is -2.48. The largest absolute Gasteiger partial charge is 0.467 e. The molecule has 146 valence electrons. The zero-order valence-corrected chi connectivity index (χ0v) is 15.0. The molecule has 2 amide bonds. The van der Waals surface area contributed by atoms with Crippen molar-refractivity contribution in [2.75, 3.05) is 13.1 Å². The van der Waals surface area contributed by atoms with Crippen molar-refractivity contribution in [3.8, 4) is 0 Å². The van der Waals surface area contributed by atoms with E-state index in [1.165, 1.54) is 18.4 Å². The van der Waals surface area contributed by atoms with Crippen LogP contribution in [-0.2, 0) is 11.3 Å². The monoisotopic (exact) mass is 402 g/mol. The molecule has 27 heavy (non-hydrogen) atoms. The highest BCUT2D eigenvalue weighted by Crippen LogP contribution is 2.19. The van der Waals surface area contributed by atoms with E-state index in [2.05, 4.69) is 5.32 Å². The lowest BCUT2D eigenvalue weighted by Gasteiger charge is -2.23. The first kappa shape index (κ1) is 20.8. The number of hydrogen-bond acceptors (Lipinski definition) is 3. The van der Waals surface area contributed by atoms with E-state index in [1.807, 2.05) is 0 Å². The van der Waals surface area contributed by atoms with Gasteiger partial charge < -0.3 is 14.6 Å². The van der Waals surface area contributed by atoms with Gasteiger partial charge in [0.25, 0.3) is 5.91 Å². The van der Waals surface area contributed by atoms with Crippen LogP contribution in [0.15, 0.2) is 47.1 Å². The molecule has 0 fully saturated rings. The van der Waals surface area contributed by atoms with Crippen LogP contribution in [0.2, 0.25) is 5.02 Å². The van der Waals surface area contributed by atoms with Crippen LogP contribution in [0, 0.1) is 0 Å². The fourth-order valence-electron chi connectivity index (χ4n) is 2.34. The van der Waals surface area contributed by atoms with Gasteiger partial charge in [0.1, 0.15) is 12.3 Å². The third-order valence-electron chi connectivity index (χ3n) is 3.61. The van der Waals surface area contributed by atoms with Gasteiger partial charge >= 0.3 is 6.18 Å². The highest BCUT2D eigenvalue weighted by Gasteiger charge is 2.33. The summed E-state index contributed by atoms with van der Waals surface area (Å²) >= 11 is 5.74. The molecule has 0 aliphatic rings. The van der Waals surface area contributed by atoms with Crippen molar-refractivity contribution in [3.63, 3.8) is 0 Å². The number of carbonyl (C=O) groups excluding carboxylic acids is 2. The summed E-state index contributed by atoms with van der Waals surface area (Å²) in [5.41, 5.74) is 0.405. The Morgan fingerprint density at radius 2 is 1.85 bits per heavy atom. The highest BCUT2D eigenvalue weighted by molar-refractivity contribution is 6.30. The number of nitrogens with zero attached hydrogens (tertiary/aromatic N) is 1. The van der Waals surface area contributed by atoms with Gasteiger partial charge in [-0.15, -0.1) is 0 Å². The topological polar surface area (TPSA) is 62.6 Å². The number of benzene rings is 1. The minimum atomic E-state index is -4.51. The maximum absolute atomic E-state index is 12.7. The molecule has 5 nitrogen and oxygen atoms in total. The Morgan fingerprint density at radius 3 is 2.44 bits per heavy atom. The first-order valence-corrected chi connectivity index (χ1v) is 8.53. The highest BCUT2D eigenvalue weighted by atomic mass is 35.5. The molecular formula is C18H18ClF3N2O3. The summed E-state index contributed by atoms with van der Waals surface area (Å²) < 4.78 is 43.2. The summed E-state index contributed by atoms with van der Waals surface area (Å²) in [6, 6.07) is 9.29. The molecule has 0 spiro atoms. The Labute approximate surface area is 159 Å². The third-order valence-corrected chi connectivity index (χ3v) is 3.86. The van der Waals surface area contributed by atoms with E-state index in [4.69, 9.17) is 16.0 Å². The van der Waals surface area contributed by atoms with Gasteiger partial charge in [0.15, 0.2) is 0 Å². The minimum Gasteiger partial charge on any atom is -0.467 e. The number of rotatable bonds is 8. The summed E-state index contributed by atoms with van der Waals surface area (Å²) in [5, 5.41) is 3.11. The van der Waals surface area contributed by atoms with Crippen molar-refractivity contribution >= 4 is 23.4 Å². The smallest absolute Gasteiger partial charge is 0.406 e. The molecular weight excluding hydrogens is 385 g/mol. The van der Waals surface area contributed by atoms with Crippen LogP contribution in [-0.4, -0.2) is 36.0 Å². The van der Waals surface area contributed by atoms with E-state index in [-0.39, 0.29) is 37.6 Å². The molecule has 0 radical (unpaired) electrons. The van der Waals surface area contributed by atoms with Gasteiger partial charge in [-0.2, -0.15) is 13.2 Å². The Morgan fingerprint density at radius 1 is 1.15 bits per heavy atom. The van der Waals surface area contributed by atoms with Crippen LogP contribution in [0.1, 0.15) is 29.0 Å². The van der Waals surface area contributed by atoms with Gasteiger partial charge in [0, 0.05) is 23.6 Å². The first-order chi connectivity index (χ1) is 12.7. The lowest BCUT2D eigenvalue weighted by Crippen LogP contribution is -2.38. The second-order valence-corrected chi connectivity index (χ2v) is 6.25. The van der Waals surface area contributed by atoms with Crippen molar-refractivity contribution in [2.45, 2.75) is 25.6 Å². The summed E-state index contributed by atoms with van der Waals surface area (Å²) in [7, 11) is 0. The number of halogens is 4. The molecule has 0 atom stereocenters. The summed E-state index contributed by atoms with van der Waals surface area (Å²) in [6.45, 7) is -1.46. The van der Waals surface area contributed by atoms with Gasteiger partial charge in [-0.3, -0.25) is 9.59 Å². The van der Waals surface area contributed by atoms with Gasteiger partial charge in [-0.25, -0.2) is 0 Å². The Balaban J connectivity index is 1.81. The lowest BCUT2D eigenvalue weighted by atomic mass is 10.2. The molecule has 2 aromatic rings. The quantitative estimate of drug-likeness (QED) is 0.678. The van der Waals surface area contributed by atoms with E-state index in [1.54, 1.807) is 24.3 Å². The van der Waals surface area contributed by atoms with Crippen molar-refractivity contribution in [3.05, 3.63) is 59.0 Å². The molecule has 0 aliphatic heterocycles. The molecule has 2 rings (SSSR count). The molecule has 1 N–H and O–H groups in total. The zero-order valence-electron chi connectivity index (χ0n) is 14.3. The zero-order chi connectivity index (χ0) is 19.9. The summed E-state index contributed by atoms with van der Waals surface area (Å²) in [5.74, 6) is -0.741. The van der Waals surface area contributed by atoms with Crippen LogP contribution < -0.4 is 5.32 Å². The number of nitrogens with one attached hydrogen (secondary N) is 1. The van der Waals surface area contributed by atoms with Crippen LogP contribution in [0.3, 0.4) is 0 Å². The first-order valence-electron chi connectivity index (χ1n) is 8.15. The number of alkyl halides is 3. The average Bonchev–Trinajstić information content (AvgIpc) is 3.10. The van der Waals surface area contributed by atoms with E-state index in [9.17, 15) is 22.8 Å². The van der Waals surface area contributed by atoms with E-state index >= 15 is 0 Å². The maximum Gasteiger partial charge on any atom is 0.406 e. The molecule has 0 bridgehead atoms. The van der Waals surface area contributed by atoms with Crippen LogP contribution in [0.25, 0.3) is 0 Å². The Bertz CT molecular complexity index is 746. The van der Waals surface area contributed by atoms with Crippen LogP contribution in [0.4, 0.5) is 13.2 Å². The molecule has 0 aliphatic carbocycles. The molecule has 0 saturated carbocycles. The van der Waals surface area contributed by atoms with Crippen LogP contribution in [0.5, 0.6) is 0 Å². The van der Waals surface area contributed by atoms with Crippen LogP contribution >= 0.6 is 11.6 Å². The fourth-order valence-corrected chi connectivity index (χ4v) is 2.47. The Kier molecular flexibility index (Phi) is 7.29. The van der Waals surface area contributed by atoms with Crippen molar-refractivity contribution in [1.29, 1.82) is 0 Å². The summed E-state index contributed by atoms with van der Waals surface area (Å²) in [4.78, 5) is 24.8. The average molecular weight is 403 g/mol. The number of hydrogen-bond donors (Lipinski definition) is 1. The SMILES string of the molecule is O=C(NCCCC(=O)N(Cc1ccco1)CC(F)(F)F)c1ccc(Cl)cc1. The number of amides is 2. The summed E-state index contributed by atoms with van der Waals surface area (Å²) in [6.07, 6.45) is -3.09. The molecule has 1 heterocycles. The molecule has 0 unspecified atom stereocenters.